The molecule has 0 saturated carbocycles. The van der Waals surface area contributed by atoms with Gasteiger partial charge in [0.1, 0.15) is 10.8 Å². The molecule has 4 rings (SSSR count). The van der Waals surface area contributed by atoms with Crippen molar-refractivity contribution >= 4 is 73.1 Å². The van der Waals surface area contributed by atoms with Crippen LogP contribution < -0.4 is 15.4 Å². The summed E-state index contributed by atoms with van der Waals surface area (Å²) in [5.41, 5.74) is 3.15. The predicted octanol–water partition coefficient (Wildman–Crippen LogP) is 6.09. The SMILES string of the molecule is CCOc1cccc(C(=O)NC(=S)Nc2ccc(I)cc2-c2nc3ccccc3s2)c1. The molecule has 8 heteroatoms. The van der Waals surface area contributed by atoms with Crippen LogP contribution in [-0.4, -0.2) is 22.6 Å². The van der Waals surface area contributed by atoms with E-state index < -0.39 is 0 Å². The van der Waals surface area contributed by atoms with Crippen LogP contribution in [0.25, 0.3) is 20.8 Å². The minimum absolute atomic E-state index is 0.218. The number of rotatable bonds is 5. The van der Waals surface area contributed by atoms with Crippen molar-refractivity contribution < 1.29 is 9.53 Å². The third-order valence-corrected chi connectivity index (χ3v) is 6.33. The molecular weight excluding hydrogens is 541 g/mol. The molecule has 4 aromatic rings. The van der Waals surface area contributed by atoms with Crippen LogP contribution in [0.2, 0.25) is 0 Å². The number of nitrogens with zero attached hydrogens (tertiary/aromatic N) is 1. The number of thiocarbonyl (C=S) groups is 1. The number of amides is 1. The first kappa shape index (κ1) is 21.7. The zero-order chi connectivity index (χ0) is 21.8. The molecule has 2 N–H and O–H groups in total. The highest BCUT2D eigenvalue weighted by molar-refractivity contribution is 14.1. The van der Waals surface area contributed by atoms with E-state index in [0.717, 1.165) is 30.0 Å². The molecule has 1 amide bonds. The van der Waals surface area contributed by atoms with Gasteiger partial charge in [-0.3, -0.25) is 10.1 Å². The molecule has 1 heterocycles. The van der Waals surface area contributed by atoms with Crippen molar-refractivity contribution in [2.45, 2.75) is 6.92 Å². The molecule has 3 aromatic carbocycles. The van der Waals surface area contributed by atoms with E-state index in [-0.39, 0.29) is 11.0 Å². The molecule has 0 bridgehead atoms. The highest BCUT2D eigenvalue weighted by Crippen LogP contribution is 2.35. The van der Waals surface area contributed by atoms with Gasteiger partial charge in [-0.2, -0.15) is 0 Å². The number of fused-ring (bicyclic) bond motifs is 1. The van der Waals surface area contributed by atoms with E-state index in [4.69, 9.17) is 21.9 Å². The van der Waals surface area contributed by atoms with Crippen LogP contribution in [0.15, 0.2) is 66.7 Å². The van der Waals surface area contributed by atoms with Gasteiger partial charge in [-0.15, -0.1) is 11.3 Å². The molecule has 156 valence electrons. The van der Waals surface area contributed by atoms with Gasteiger partial charge < -0.3 is 10.1 Å². The second-order valence-electron chi connectivity index (χ2n) is 6.55. The lowest BCUT2D eigenvalue weighted by molar-refractivity contribution is 0.0977. The number of anilines is 1. The minimum atomic E-state index is -0.300. The van der Waals surface area contributed by atoms with E-state index >= 15 is 0 Å². The van der Waals surface area contributed by atoms with E-state index in [1.54, 1.807) is 29.5 Å². The molecule has 0 unspecified atom stereocenters. The number of halogens is 1. The largest absolute Gasteiger partial charge is 0.494 e. The monoisotopic (exact) mass is 559 g/mol. The molecule has 0 saturated heterocycles. The average Bonchev–Trinajstić information content (AvgIpc) is 3.19. The van der Waals surface area contributed by atoms with Gasteiger partial charge in [-0.05, 0) is 90.3 Å². The highest BCUT2D eigenvalue weighted by atomic mass is 127. The molecule has 1 aromatic heterocycles. The Balaban J connectivity index is 1.54. The number of aromatic nitrogens is 1. The maximum Gasteiger partial charge on any atom is 0.257 e. The number of benzene rings is 3. The molecule has 0 radical (unpaired) electrons. The topological polar surface area (TPSA) is 63.2 Å². The van der Waals surface area contributed by atoms with Crippen LogP contribution in [0.4, 0.5) is 5.69 Å². The Kier molecular flexibility index (Phi) is 6.79. The number of nitrogens with one attached hydrogen (secondary N) is 2. The number of thiazole rings is 1. The Labute approximate surface area is 203 Å². The Bertz CT molecular complexity index is 1240. The lowest BCUT2D eigenvalue weighted by atomic mass is 10.2. The summed E-state index contributed by atoms with van der Waals surface area (Å²) in [7, 11) is 0. The Morgan fingerprint density at radius 1 is 1.13 bits per heavy atom. The summed E-state index contributed by atoms with van der Waals surface area (Å²) < 4.78 is 7.66. The lowest BCUT2D eigenvalue weighted by Gasteiger charge is -2.13. The van der Waals surface area contributed by atoms with E-state index in [9.17, 15) is 4.79 Å². The fourth-order valence-electron chi connectivity index (χ4n) is 3.01. The van der Waals surface area contributed by atoms with Crippen LogP contribution in [0.1, 0.15) is 17.3 Å². The van der Waals surface area contributed by atoms with Gasteiger partial charge in [-0.25, -0.2) is 4.98 Å². The second-order valence-corrected chi connectivity index (χ2v) is 9.23. The number of para-hydroxylation sites is 1. The third-order valence-electron chi connectivity index (χ3n) is 4.39. The summed E-state index contributed by atoms with van der Waals surface area (Å²) in [5, 5.41) is 7.00. The molecule has 0 fully saturated rings. The van der Waals surface area contributed by atoms with Gasteiger partial charge in [0, 0.05) is 14.7 Å². The maximum absolute atomic E-state index is 12.6. The summed E-state index contributed by atoms with van der Waals surface area (Å²) in [5.74, 6) is 0.343. The molecule has 31 heavy (non-hydrogen) atoms. The standard InChI is InChI=1S/C23H18IN3O2S2/c1-2-29-16-7-5-6-14(12-16)21(28)27-23(30)26-18-11-10-15(24)13-17(18)22-25-19-8-3-4-9-20(19)31-22/h3-13H,2H2,1H3,(H2,26,27,28,30). The van der Waals surface area contributed by atoms with Crippen LogP contribution in [0, 0.1) is 3.57 Å². The summed E-state index contributed by atoms with van der Waals surface area (Å²) in [6.07, 6.45) is 0. The first-order valence-corrected chi connectivity index (χ1v) is 11.8. The molecule has 0 aliphatic rings. The summed E-state index contributed by atoms with van der Waals surface area (Å²) in [4.78, 5) is 17.4. The van der Waals surface area contributed by atoms with E-state index in [2.05, 4.69) is 45.4 Å². The van der Waals surface area contributed by atoms with Crippen LogP contribution in [0.3, 0.4) is 0 Å². The van der Waals surface area contributed by atoms with Crippen molar-refractivity contribution in [3.8, 4) is 16.3 Å². The number of hydrogen-bond donors (Lipinski definition) is 2. The van der Waals surface area contributed by atoms with Crippen molar-refractivity contribution in [3.63, 3.8) is 0 Å². The maximum atomic E-state index is 12.6. The van der Waals surface area contributed by atoms with Crippen LogP contribution >= 0.6 is 46.1 Å². The first-order valence-electron chi connectivity index (χ1n) is 9.54. The Hall–Kier alpha value is -2.56. The smallest absolute Gasteiger partial charge is 0.257 e. The van der Waals surface area contributed by atoms with Gasteiger partial charge in [-0.1, -0.05) is 18.2 Å². The molecule has 5 nitrogen and oxygen atoms in total. The number of carbonyl (C=O) groups is 1. The van der Waals surface area contributed by atoms with Crippen molar-refractivity contribution in [1.29, 1.82) is 0 Å². The predicted molar refractivity (Wildman–Crippen MR) is 139 cm³/mol. The highest BCUT2D eigenvalue weighted by Gasteiger charge is 2.14. The van der Waals surface area contributed by atoms with Crippen molar-refractivity contribution in [2.75, 3.05) is 11.9 Å². The van der Waals surface area contributed by atoms with Gasteiger partial charge in [0.15, 0.2) is 5.11 Å². The van der Waals surface area contributed by atoms with Crippen LogP contribution in [-0.2, 0) is 0 Å². The first-order chi connectivity index (χ1) is 15.0. The number of ether oxygens (including phenoxy) is 1. The Morgan fingerprint density at radius 3 is 2.77 bits per heavy atom. The molecule has 0 aliphatic carbocycles. The second kappa shape index (κ2) is 9.71. The van der Waals surface area contributed by atoms with Gasteiger partial charge >= 0.3 is 0 Å². The number of hydrogen-bond acceptors (Lipinski definition) is 5. The normalized spacial score (nSPS) is 10.6. The summed E-state index contributed by atoms with van der Waals surface area (Å²) >= 11 is 9.30. The average molecular weight is 559 g/mol. The molecule has 0 spiro atoms. The zero-order valence-electron chi connectivity index (χ0n) is 16.5. The third kappa shape index (κ3) is 5.20. The summed E-state index contributed by atoms with van der Waals surface area (Å²) in [6.45, 7) is 2.43. The van der Waals surface area contributed by atoms with E-state index in [1.165, 1.54) is 0 Å². The van der Waals surface area contributed by atoms with E-state index in [1.807, 2.05) is 43.3 Å². The minimum Gasteiger partial charge on any atom is -0.494 e. The zero-order valence-corrected chi connectivity index (χ0v) is 20.3. The molecular formula is C23H18IN3O2S2. The van der Waals surface area contributed by atoms with Crippen LogP contribution in [0.5, 0.6) is 5.75 Å². The van der Waals surface area contributed by atoms with E-state index in [0.29, 0.717) is 17.9 Å². The fourth-order valence-corrected chi connectivity index (χ4v) is 4.70. The van der Waals surface area contributed by atoms with Crippen molar-refractivity contribution in [3.05, 3.63) is 75.9 Å². The summed E-state index contributed by atoms with van der Waals surface area (Å²) in [6, 6.07) is 21.0. The quantitative estimate of drug-likeness (QED) is 0.229. The van der Waals surface area contributed by atoms with Crippen molar-refractivity contribution in [1.82, 2.24) is 10.3 Å². The van der Waals surface area contributed by atoms with Gasteiger partial charge in [0.2, 0.25) is 0 Å². The Morgan fingerprint density at radius 2 is 1.97 bits per heavy atom. The molecule has 0 atom stereocenters. The van der Waals surface area contributed by atoms with Gasteiger partial charge in [0.05, 0.1) is 22.5 Å². The lowest BCUT2D eigenvalue weighted by Crippen LogP contribution is -2.34. The molecule has 0 aliphatic heterocycles. The van der Waals surface area contributed by atoms with Crippen molar-refractivity contribution in [2.24, 2.45) is 0 Å². The number of carbonyl (C=O) groups excluding carboxylic acids is 1. The van der Waals surface area contributed by atoms with Gasteiger partial charge in [0.25, 0.3) is 5.91 Å². The fraction of sp³-hybridized carbons (Fsp3) is 0.0870.